The quantitative estimate of drug-likeness (QED) is 0.651. The molecule has 1 aliphatic carbocycles. The highest BCUT2D eigenvalue weighted by Gasteiger charge is 2.24. The molecule has 0 spiro atoms. The van der Waals surface area contributed by atoms with E-state index in [-0.39, 0.29) is 6.10 Å². The third-order valence-corrected chi connectivity index (χ3v) is 2.93. The highest BCUT2D eigenvalue weighted by atomic mass is 16.3. The fourth-order valence-corrected chi connectivity index (χ4v) is 2.16. The zero-order chi connectivity index (χ0) is 8.27. The maximum absolute atomic E-state index is 9.46. The highest BCUT2D eigenvalue weighted by Crippen LogP contribution is 2.31. The van der Waals surface area contributed by atoms with Crippen molar-refractivity contribution in [3.05, 3.63) is 0 Å². The van der Waals surface area contributed by atoms with Gasteiger partial charge in [0.25, 0.3) is 0 Å². The molecule has 0 amide bonds. The van der Waals surface area contributed by atoms with Crippen LogP contribution >= 0.6 is 0 Å². The molecule has 1 rings (SSSR count). The van der Waals surface area contributed by atoms with E-state index in [0.717, 1.165) is 12.3 Å². The van der Waals surface area contributed by atoms with E-state index >= 15 is 0 Å². The lowest BCUT2D eigenvalue weighted by Crippen LogP contribution is -2.26. The molecule has 0 heterocycles. The molecule has 1 fully saturated rings. The normalized spacial score (nSPS) is 39.0. The average Bonchev–Trinajstić information content (AvgIpc) is 1.98. The summed E-state index contributed by atoms with van der Waals surface area (Å²) in [5.74, 6) is 1.44. The van der Waals surface area contributed by atoms with Gasteiger partial charge < -0.3 is 5.11 Å². The van der Waals surface area contributed by atoms with Gasteiger partial charge in [-0.2, -0.15) is 0 Å². The van der Waals surface area contributed by atoms with E-state index in [1.54, 1.807) is 0 Å². The summed E-state index contributed by atoms with van der Waals surface area (Å²) in [6, 6.07) is 0. The Morgan fingerprint density at radius 3 is 2.64 bits per heavy atom. The van der Waals surface area contributed by atoms with E-state index in [1.807, 2.05) is 0 Å². The van der Waals surface area contributed by atoms with Crippen molar-refractivity contribution < 1.29 is 5.11 Å². The summed E-state index contributed by atoms with van der Waals surface area (Å²) in [4.78, 5) is 0. The van der Waals surface area contributed by atoms with Gasteiger partial charge in [0.05, 0.1) is 6.10 Å². The molecule has 3 atom stereocenters. The SMILES string of the molecule is CCCC1CCC(O)C(C)C1. The Balaban J connectivity index is 2.28. The Hall–Kier alpha value is -0.0400. The van der Waals surface area contributed by atoms with Crippen LogP contribution in [0, 0.1) is 11.8 Å². The van der Waals surface area contributed by atoms with Gasteiger partial charge in [-0.15, -0.1) is 0 Å². The second-order valence-corrected chi connectivity index (χ2v) is 4.01. The topological polar surface area (TPSA) is 20.2 Å². The van der Waals surface area contributed by atoms with E-state index < -0.39 is 0 Å². The molecule has 1 saturated carbocycles. The lowest BCUT2D eigenvalue weighted by Gasteiger charge is -2.30. The molecule has 1 aliphatic rings. The van der Waals surface area contributed by atoms with Crippen LogP contribution in [0.4, 0.5) is 0 Å². The third kappa shape index (κ3) is 2.48. The molecule has 11 heavy (non-hydrogen) atoms. The van der Waals surface area contributed by atoms with Gasteiger partial charge >= 0.3 is 0 Å². The molecule has 0 saturated heterocycles. The Kier molecular flexibility index (Phi) is 3.38. The highest BCUT2D eigenvalue weighted by molar-refractivity contribution is 4.76. The largest absolute Gasteiger partial charge is 0.393 e. The number of aliphatic hydroxyl groups is 1. The second-order valence-electron chi connectivity index (χ2n) is 4.01. The van der Waals surface area contributed by atoms with E-state index in [9.17, 15) is 5.11 Å². The molecular weight excluding hydrogens is 136 g/mol. The third-order valence-electron chi connectivity index (χ3n) is 2.93. The number of hydrogen-bond donors (Lipinski definition) is 1. The first kappa shape index (κ1) is 9.05. The Morgan fingerprint density at radius 2 is 2.09 bits per heavy atom. The Labute approximate surface area is 69.8 Å². The van der Waals surface area contributed by atoms with Crippen LogP contribution in [0.25, 0.3) is 0 Å². The van der Waals surface area contributed by atoms with Crippen molar-refractivity contribution in [2.24, 2.45) is 11.8 Å². The molecule has 0 radical (unpaired) electrons. The van der Waals surface area contributed by atoms with E-state index in [4.69, 9.17) is 0 Å². The summed E-state index contributed by atoms with van der Waals surface area (Å²) in [5, 5.41) is 9.46. The number of aliphatic hydroxyl groups excluding tert-OH is 1. The standard InChI is InChI=1S/C10H20O/c1-3-4-9-5-6-10(11)8(2)7-9/h8-11H,3-7H2,1-2H3. The van der Waals surface area contributed by atoms with Gasteiger partial charge in [0.15, 0.2) is 0 Å². The molecule has 1 nitrogen and oxygen atoms in total. The minimum Gasteiger partial charge on any atom is -0.393 e. The smallest absolute Gasteiger partial charge is 0.0566 e. The van der Waals surface area contributed by atoms with Crippen molar-refractivity contribution in [1.82, 2.24) is 0 Å². The molecule has 1 N–H and O–H groups in total. The van der Waals surface area contributed by atoms with E-state index in [0.29, 0.717) is 5.92 Å². The Morgan fingerprint density at radius 1 is 1.36 bits per heavy atom. The minimum absolute atomic E-state index is 0.0110. The number of rotatable bonds is 2. The number of hydrogen-bond acceptors (Lipinski definition) is 1. The maximum Gasteiger partial charge on any atom is 0.0566 e. The van der Waals surface area contributed by atoms with Crippen molar-refractivity contribution in [2.75, 3.05) is 0 Å². The van der Waals surface area contributed by atoms with Gasteiger partial charge in [0, 0.05) is 0 Å². The minimum atomic E-state index is -0.0110. The van der Waals surface area contributed by atoms with Crippen molar-refractivity contribution in [1.29, 1.82) is 0 Å². The van der Waals surface area contributed by atoms with Crippen molar-refractivity contribution in [3.8, 4) is 0 Å². The predicted molar refractivity (Wildman–Crippen MR) is 47.4 cm³/mol. The van der Waals surface area contributed by atoms with Crippen LogP contribution in [-0.2, 0) is 0 Å². The van der Waals surface area contributed by atoms with Gasteiger partial charge in [-0.3, -0.25) is 0 Å². The van der Waals surface area contributed by atoms with Gasteiger partial charge in [-0.1, -0.05) is 26.7 Å². The molecule has 0 bridgehead atoms. The summed E-state index contributed by atoms with van der Waals surface area (Å²) < 4.78 is 0. The average molecular weight is 156 g/mol. The Bertz CT molecular complexity index is 111. The van der Waals surface area contributed by atoms with Crippen LogP contribution in [0.5, 0.6) is 0 Å². The van der Waals surface area contributed by atoms with Gasteiger partial charge in [0.1, 0.15) is 0 Å². The van der Waals surface area contributed by atoms with Crippen LogP contribution in [0.1, 0.15) is 46.0 Å². The van der Waals surface area contributed by atoms with Crippen LogP contribution < -0.4 is 0 Å². The summed E-state index contributed by atoms with van der Waals surface area (Å²) in [6.45, 7) is 4.42. The molecule has 0 aliphatic heterocycles. The molecule has 66 valence electrons. The first-order valence-corrected chi connectivity index (χ1v) is 4.92. The predicted octanol–water partition coefficient (Wildman–Crippen LogP) is 2.58. The van der Waals surface area contributed by atoms with E-state index in [1.165, 1.54) is 25.7 Å². The molecule has 0 aromatic heterocycles. The summed E-state index contributed by atoms with van der Waals surface area (Å²) in [5.41, 5.74) is 0. The van der Waals surface area contributed by atoms with Crippen LogP contribution in [0.15, 0.2) is 0 Å². The molecule has 1 heteroatoms. The molecule has 0 aromatic carbocycles. The summed E-state index contributed by atoms with van der Waals surface area (Å²) in [7, 11) is 0. The summed E-state index contributed by atoms with van der Waals surface area (Å²) in [6.07, 6.45) is 6.17. The van der Waals surface area contributed by atoms with Crippen LogP contribution in [0.2, 0.25) is 0 Å². The zero-order valence-corrected chi connectivity index (χ0v) is 7.71. The second kappa shape index (κ2) is 4.10. The van der Waals surface area contributed by atoms with Gasteiger partial charge in [-0.05, 0) is 31.1 Å². The van der Waals surface area contributed by atoms with Gasteiger partial charge in [0.2, 0.25) is 0 Å². The monoisotopic (exact) mass is 156 g/mol. The molecule has 0 aromatic rings. The van der Waals surface area contributed by atoms with E-state index in [2.05, 4.69) is 13.8 Å². The lowest BCUT2D eigenvalue weighted by molar-refractivity contribution is 0.0552. The first-order chi connectivity index (χ1) is 5.24. The zero-order valence-electron chi connectivity index (χ0n) is 7.71. The maximum atomic E-state index is 9.46. The van der Waals surface area contributed by atoms with Crippen molar-refractivity contribution in [3.63, 3.8) is 0 Å². The first-order valence-electron chi connectivity index (χ1n) is 4.92. The van der Waals surface area contributed by atoms with Crippen molar-refractivity contribution >= 4 is 0 Å². The van der Waals surface area contributed by atoms with Crippen LogP contribution in [0.3, 0.4) is 0 Å². The fourth-order valence-electron chi connectivity index (χ4n) is 2.16. The summed E-state index contributed by atoms with van der Waals surface area (Å²) >= 11 is 0. The lowest BCUT2D eigenvalue weighted by atomic mass is 9.79. The van der Waals surface area contributed by atoms with Crippen LogP contribution in [-0.4, -0.2) is 11.2 Å². The molecular formula is C10H20O. The van der Waals surface area contributed by atoms with Crippen molar-refractivity contribution in [2.45, 2.75) is 52.1 Å². The fraction of sp³-hybridized carbons (Fsp3) is 1.00. The van der Waals surface area contributed by atoms with Gasteiger partial charge in [-0.25, -0.2) is 0 Å². The molecule has 3 unspecified atom stereocenters.